The molecule has 1 aromatic rings. The van der Waals surface area contributed by atoms with E-state index in [4.69, 9.17) is 0 Å². The minimum atomic E-state index is -3.76. The topological polar surface area (TPSA) is 54.4 Å². The molecule has 7 atom stereocenters. The molecule has 1 aromatic carbocycles. The SMILES string of the molecule is CC(C)CCC[C@@H](C)[C@H]1CC[C@H]2[C@@H]3CC=C4C(S(=O)(=O)c5ccccc5)=C(O)CC[C@]4(C)[C@H]3CC[C@]12C. The third-order valence-corrected chi connectivity index (χ3v) is 13.3. The Morgan fingerprint density at radius 1 is 0.973 bits per heavy atom. The predicted octanol–water partition coefficient (Wildman–Crippen LogP) is 8.88. The molecule has 4 aliphatic rings. The van der Waals surface area contributed by atoms with Gasteiger partial charge in [0.15, 0.2) is 0 Å². The first-order valence-electron chi connectivity index (χ1n) is 14.9. The van der Waals surface area contributed by atoms with Gasteiger partial charge in [-0.3, -0.25) is 0 Å². The van der Waals surface area contributed by atoms with Gasteiger partial charge in [-0.1, -0.05) is 78.2 Å². The summed E-state index contributed by atoms with van der Waals surface area (Å²) >= 11 is 0. The van der Waals surface area contributed by atoms with Crippen LogP contribution in [0.25, 0.3) is 0 Å². The van der Waals surface area contributed by atoms with Crippen molar-refractivity contribution in [3.63, 3.8) is 0 Å². The Morgan fingerprint density at radius 3 is 2.41 bits per heavy atom. The van der Waals surface area contributed by atoms with E-state index in [1.807, 2.05) is 6.07 Å². The lowest BCUT2D eigenvalue weighted by Crippen LogP contribution is -2.50. The van der Waals surface area contributed by atoms with E-state index in [1.54, 1.807) is 24.3 Å². The molecular formula is C33H48O3S. The summed E-state index contributed by atoms with van der Waals surface area (Å²) < 4.78 is 27.6. The first-order chi connectivity index (χ1) is 17.5. The summed E-state index contributed by atoms with van der Waals surface area (Å²) in [5, 5.41) is 11.0. The molecule has 0 aromatic heterocycles. The van der Waals surface area contributed by atoms with Crippen LogP contribution >= 0.6 is 0 Å². The second-order valence-corrected chi connectivity index (χ2v) is 15.7. The van der Waals surface area contributed by atoms with Crippen molar-refractivity contribution in [2.24, 2.45) is 46.3 Å². The molecule has 2 saturated carbocycles. The van der Waals surface area contributed by atoms with Gasteiger partial charge < -0.3 is 5.11 Å². The third-order valence-electron chi connectivity index (χ3n) is 11.4. The van der Waals surface area contributed by atoms with Gasteiger partial charge in [0.25, 0.3) is 0 Å². The highest BCUT2D eigenvalue weighted by Crippen LogP contribution is 2.68. The van der Waals surface area contributed by atoms with Gasteiger partial charge >= 0.3 is 0 Å². The molecule has 0 bridgehead atoms. The fraction of sp³-hybridized carbons (Fsp3) is 0.697. The van der Waals surface area contributed by atoms with Crippen LogP contribution in [0.1, 0.15) is 98.8 Å². The minimum absolute atomic E-state index is 0.0582. The molecule has 5 rings (SSSR count). The summed E-state index contributed by atoms with van der Waals surface area (Å²) in [5.74, 6) is 4.30. The van der Waals surface area contributed by atoms with Crippen LogP contribution in [0, 0.1) is 46.3 Å². The van der Waals surface area contributed by atoms with E-state index in [1.165, 1.54) is 44.9 Å². The number of aliphatic hydroxyl groups excluding tert-OH is 1. The highest BCUT2D eigenvalue weighted by molar-refractivity contribution is 7.95. The van der Waals surface area contributed by atoms with Crippen molar-refractivity contribution in [3.05, 3.63) is 52.6 Å². The molecule has 0 heterocycles. The quantitative estimate of drug-likeness (QED) is 0.387. The second-order valence-electron chi connectivity index (χ2n) is 13.8. The number of allylic oxidation sites excluding steroid dienone is 3. The molecule has 4 heteroatoms. The average Bonchev–Trinajstić information content (AvgIpc) is 3.22. The summed E-state index contributed by atoms with van der Waals surface area (Å²) in [6.07, 6.45) is 13.6. The number of fused-ring (bicyclic) bond motifs is 5. The average molecular weight is 525 g/mol. The Bertz CT molecular complexity index is 1160. The monoisotopic (exact) mass is 524 g/mol. The smallest absolute Gasteiger partial charge is 0.210 e. The molecule has 4 aliphatic carbocycles. The summed E-state index contributed by atoms with van der Waals surface area (Å²) in [6, 6.07) is 8.67. The summed E-state index contributed by atoms with van der Waals surface area (Å²) in [5.41, 5.74) is 1.13. The molecule has 37 heavy (non-hydrogen) atoms. The van der Waals surface area contributed by atoms with E-state index in [9.17, 15) is 13.5 Å². The molecule has 2 fully saturated rings. The first-order valence-corrected chi connectivity index (χ1v) is 16.4. The molecule has 0 unspecified atom stereocenters. The fourth-order valence-corrected chi connectivity index (χ4v) is 11.2. The molecule has 3 nitrogen and oxygen atoms in total. The van der Waals surface area contributed by atoms with E-state index in [-0.39, 0.29) is 21.0 Å². The molecule has 0 amide bonds. The van der Waals surface area contributed by atoms with E-state index in [0.717, 1.165) is 42.1 Å². The second kappa shape index (κ2) is 9.88. The molecule has 0 spiro atoms. The van der Waals surface area contributed by atoms with Gasteiger partial charge in [-0.2, -0.15) is 0 Å². The van der Waals surface area contributed by atoms with Gasteiger partial charge in [-0.05, 0) is 103 Å². The Morgan fingerprint density at radius 2 is 1.70 bits per heavy atom. The van der Waals surface area contributed by atoms with Crippen molar-refractivity contribution in [2.45, 2.75) is 104 Å². The predicted molar refractivity (Wildman–Crippen MR) is 152 cm³/mol. The van der Waals surface area contributed by atoms with E-state index in [2.05, 4.69) is 40.7 Å². The van der Waals surface area contributed by atoms with Gasteiger partial charge in [-0.15, -0.1) is 0 Å². The maximum absolute atomic E-state index is 13.8. The number of benzene rings is 1. The van der Waals surface area contributed by atoms with E-state index in [0.29, 0.717) is 23.7 Å². The Hall–Kier alpha value is -1.55. The number of hydrogen-bond donors (Lipinski definition) is 1. The minimum Gasteiger partial charge on any atom is -0.511 e. The molecule has 0 saturated heterocycles. The highest BCUT2D eigenvalue weighted by atomic mass is 32.2. The standard InChI is InChI=1S/C33H48O3S/c1-22(2)10-9-11-23(3)26-16-17-27-25-14-15-29-31(37(35,36)24-12-7-6-8-13-24)30(34)19-21-33(29,5)28(25)18-20-32(26,27)4/h6-8,12-13,15,22-23,25-28,34H,9-11,14,16-21H2,1-5H3/t23-,25+,26-,27+,28+,32-,33-/m1/s1. The lowest BCUT2D eigenvalue weighted by Gasteiger charge is -2.58. The number of hydrogen-bond acceptors (Lipinski definition) is 3. The van der Waals surface area contributed by atoms with Crippen molar-refractivity contribution in [3.8, 4) is 0 Å². The van der Waals surface area contributed by atoms with Gasteiger partial charge in [0.1, 0.15) is 10.7 Å². The molecule has 0 radical (unpaired) electrons. The number of sulfone groups is 1. The fourth-order valence-electron chi connectivity index (χ4n) is 9.46. The van der Waals surface area contributed by atoms with Crippen LogP contribution in [0.3, 0.4) is 0 Å². The first kappa shape index (κ1) is 27.0. The molecule has 0 aliphatic heterocycles. The lowest BCUT2D eigenvalue weighted by atomic mass is 9.47. The molecular weight excluding hydrogens is 476 g/mol. The van der Waals surface area contributed by atoms with Crippen LogP contribution in [-0.4, -0.2) is 13.5 Å². The lowest BCUT2D eigenvalue weighted by molar-refractivity contribution is -0.0465. The van der Waals surface area contributed by atoms with Crippen LogP contribution in [0.2, 0.25) is 0 Å². The molecule has 1 N–H and O–H groups in total. The van der Waals surface area contributed by atoms with Gasteiger partial charge in [0.2, 0.25) is 9.84 Å². The summed E-state index contributed by atoms with van der Waals surface area (Å²) in [4.78, 5) is 0.493. The van der Waals surface area contributed by atoms with Crippen molar-refractivity contribution >= 4 is 9.84 Å². The Balaban J connectivity index is 1.43. The number of rotatable bonds is 7. The number of aliphatic hydroxyl groups is 1. The Labute approximate surface area is 225 Å². The van der Waals surface area contributed by atoms with Gasteiger partial charge in [0.05, 0.1) is 4.90 Å². The third kappa shape index (κ3) is 4.43. The Kier molecular flexibility index (Phi) is 7.22. The molecule has 204 valence electrons. The zero-order valence-electron chi connectivity index (χ0n) is 23.7. The van der Waals surface area contributed by atoms with Crippen LogP contribution in [0.4, 0.5) is 0 Å². The zero-order chi connectivity index (χ0) is 26.6. The van der Waals surface area contributed by atoms with Gasteiger partial charge in [-0.25, -0.2) is 8.42 Å². The van der Waals surface area contributed by atoms with Crippen LogP contribution < -0.4 is 0 Å². The van der Waals surface area contributed by atoms with Crippen molar-refractivity contribution in [1.82, 2.24) is 0 Å². The van der Waals surface area contributed by atoms with Crippen molar-refractivity contribution in [2.75, 3.05) is 0 Å². The van der Waals surface area contributed by atoms with Crippen molar-refractivity contribution < 1.29 is 13.5 Å². The van der Waals surface area contributed by atoms with Crippen LogP contribution in [0.5, 0.6) is 0 Å². The van der Waals surface area contributed by atoms with E-state index >= 15 is 0 Å². The van der Waals surface area contributed by atoms with Crippen LogP contribution in [0.15, 0.2) is 57.5 Å². The maximum atomic E-state index is 13.8. The summed E-state index contributed by atoms with van der Waals surface area (Å²) in [7, 11) is -3.76. The largest absolute Gasteiger partial charge is 0.511 e. The maximum Gasteiger partial charge on any atom is 0.210 e. The zero-order valence-corrected chi connectivity index (χ0v) is 24.5. The van der Waals surface area contributed by atoms with E-state index < -0.39 is 9.84 Å². The normalized spacial score (nSPS) is 36.5. The van der Waals surface area contributed by atoms with Crippen molar-refractivity contribution in [1.29, 1.82) is 0 Å². The highest BCUT2D eigenvalue weighted by Gasteiger charge is 2.60. The van der Waals surface area contributed by atoms with Gasteiger partial charge in [0, 0.05) is 6.42 Å². The van der Waals surface area contributed by atoms with Crippen LogP contribution in [-0.2, 0) is 9.84 Å². The summed E-state index contributed by atoms with van der Waals surface area (Å²) in [6.45, 7) is 12.1.